The number of ether oxygens (including phenoxy) is 1. The molecule has 2 nitrogen and oxygen atoms in total. The van der Waals surface area contributed by atoms with Gasteiger partial charge in [-0.25, -0.2) is 0 Å². The molecular weight excluding hydrogens is 186 g/mol. The summed E-state index contributed by atoms with van der Waals surface area (Å²) in [4.78, 5) is 0. The lowest BCUT2D eigenvalue weighted by molar-refractivity contribution is 0.180. The molecule has 0 bridgehead atoms. The van der Waals surface area contributed by atoms with Crippen LogP contribution in [-0.4, -0.2) is 25.8 Å². The summed E-state index contributed by atoms with van der Waals surface area (Å²) >= 11 is 0. The van der Waals surface area contributed by atoms with Crippen molar-refractivity contribution in [1.29, 1.82) is 0 Å². The van der Waals surface area contributed by atoms with E-state index in [4.69, 9.17) is 4.74 Å². The van der Waals surface area contributed by atoms with Crippen LogP contribution in [0.2, 0.25) is 0 Å². The normalized spacial score (nSPS) is 28.2. The summed E-state index contributed by atoms with van der Waals surface area (Å²) in [5, 5.41) is 3.71. The Labute approximate surface area is 93.8 Å². The molecule has 1 aliphatic heterocycles. The summed E-state index contributed by atoms with van der Waals surface area (Å²) in [6, 6.07) is 0.768. The fourth-order valence-electron chi connectivity index (χ4n) is 2.54. The Kier molecular flexibility index (Phi) is 4.45. The second-order valence-corrected chi connectivity index (χ2v) is 5.30. The van der Waals surface area contributed by atoms with E-state index in [0.717, 1.165) is 31.1 Å². The molecule has 2 aliphatic rings. The minimum absolute atomic E-state index is 0.768. The molecule has 1 heterocycles. The zero-order valence-corrected chi connectivity index (χ0v) is 10.0. The molecule has 88 valence electrons. The quantitative estimate of drug-likeness (QED) is 0.699. The highest BCUT2D eigenvalue weighted by atomic mass is 16.5. The molecule has 2 rings (SSSR count). The van der Waals surface area contributed by atoms with Gasteiger partial charge in [0.05, 0.1) is 0 Å². The molecule has 0 aromatic heterocycles. The van der Waals surface area contributed by atoms with Crippen LogP contribution in [0.15, 0.2) is 0 Å². The van der Waals surface area contributed by atoms with E-state index in [2.05, 4.69) is 12.2 Å². The molecule has 2 atom stereocenters. The second-order valence-electron chi connectivity index (χ2n) is 5.30. The maximum Gasteiger partial charge on any atom is 0.0495 e. The largest absolute Gasteiger partial charge is 0.381 e. The van der Waals surface area contributed by atoms with Crippen LogP contribution in [0.25, 0.3) is 0 Å². The van der Waals surface area contributed by atoms with Gasteiger partial charge in [-0.3, -0.25) is 0 Å². The SMILES string of the molecule is CCCNC(CC1CC1)CC1CCOC1. The number of hydrogen-bond acceptors (Lipinski definition) is 2. The van der Waals surface area contributed by atoms with Crippen molar-refractivity contribution >= 4 is 0 Å². The Morgan fingerprint density at radius 1 is 1.20 bits per heavy atom. The van der Waals surface area contributed by atoms with Crippen LogP contribution in [-0.2, 0) is 4.74 Å². The van der Waals surface area contributed by atoms with Gasteiger partial charge >= 0.3 is 0 Å². The van der Waals surface area contributed by atoms with Gasteiger partial charge in [0.1, 0.15) is 0 Å². The molecular formula is C13H25NO. The molecule has 1 aliphatic carbocycles. The lowest BCUT2D eigenvalue weighted by Crippen LogP contribution is -2.32. The first kappa shape index (κ1) is 11.4. The summed E-state index contributed by atoms with van der Waals surface area (Å²) in [6.45, 7) is 5.44. The maximum atomic E-state index is 5.46. The third-order valence-electron chi connectivity index (χ3n) is 3.64. The predicted molar refractivity (Wildman–Crippen MR) is 63.0 cm³/mol. The van der Waals surface area contributed by atoms with Gasteiger partial charge < -0.3 is 10.1 Å². The van der Waals surface area contributed by atoms with Gasteiger partial charge in [-0.2, -0.15) is 0 Å². The molecule has 0 aromatic rings. The lowest BCUT2D eigenvalue weighted by Gasteiger charge is -2.21. The highest BCUT2D eigenvalue weighted by Crippen LogP contribution is 2.35. The molecule has 1 saturated carbocycles. The van der Waals surface area contributed by atoms with Crippen LogP contribution in [0.4, 0.5) is 0 Å². The van der Waals surface area contributed by atoms with Crippen LogP contribution in [0, 0.1) is 11.8 Å². The molecule has 2 unspecified atom stereocenters. The lowest BCUT2D eigenvalue weighted by atomic mass is 9.95. The maximum absolute atomic E-state index is 5.46. The minimum Gasteiger partial charge on any atom is -0.381 e. The van der Waals surface area contributed by atoms with Crippen molar-refractivity contribution in [2.24, 2.45) is 11.8 Å². The van der Waals surface area contributed by atoms with E-state index in [-0.39, 0.29) is 0 Å². The molecule has 0 radical (unpaired) electrons. The zero-order valence-electron chi connectivity index (χ0n) is 10.0. The Bertz CT molecular complexity index is 173. The monoisotopic (exact) mass is 211 g/mol. The molecule has 2 heteroatoms. The van der Waals surface area contributed by atoms with Gasteiger partial charge in [0.15, 0.2) is 0 Å². The summed E-state index contributed by atoms with van der Waals surface area (Å²) in [7, 11) is 0. The number of hydrogen-bond donors (Lipinski definition) is 1. The van der Waals surface area contributed by atoms with E-state index in [1.54, 1.807) is 0 Å². The Morgan fingerprint density at radius 2 is 2.00 bits per heavy atom. The molecule has 0 spiro atoms. The minimum atomic E-state index is 0.768. The smallest absolute Gasteiger partial charge is 0.0495 e. The number of nitrogens with one attached hydrogen (secondary N) is 1. The van der Waals surface area contributed by atoms with Crippen LogP contribution in [0.3, 0.4) is 0 Å². The standard InChI is InChI=1S/C13H25NO/c1-2-6-14-13(8-11-3-4-11)9-12-5-7-15-10-12/h11-14H,2-10H2,1H3. The second kappa shape index (κ2) is 5.86. The van der Waals surface area contributed by atoms with Crippen molar-refractivity contribution in [1.82, 2.24) is 5.32 Å². The summed E-state index contributed by atoms with van der Waals surface area (Å²) in [5.74, 6) is 1.87. The molecule has 0 amide bonds. The van der Waals surface area contributed by atoms with Crippen molar-refractivity contribution in [3.63, 3.8) is 0 Å². The van der Waals surface area contributed by atoms with Gasteiger partial charge in [-0.05, 0) is 44.1 Å². The number of rotatable bonds is 7. The van der Waals surface area contributed by atoms with Crippen LogP contribution in [0.1, 0.15) is 45.4 Å². The predicted octanol–water partition coefficient (Wildman–Crippen LogP) is 2.58. The molecule has 1 saturated heterocycles. The van der Waals surface area contributed by atoms with E-state index < -0.39 is 0 Å². The van der Waals surface area contributed by atoms with E-state index in [9.17, 15) is 0 Å². The van der Waals surface area contributed by atoms with Gasteiger partial charge in [0, 0.05) is 19.3 Å². The van der Waals surface area contributed by atoms with Crippen molar-refractivity contribution in [3.8, 4) is 0 Å². The van der Waals surface area contributed by atoms with Crippen molar-refractivity contribution < 1.29 is 4.74 Å². The van der Waals surface area contributed by atoms with E-state index in [0.29, 0.717) is 0 Å². The van der Waals surface area contributed by atoms with Crippen LogP contribution in [0.5, 0.6) is 0 Å². The first-order valence-corrected chi connectivity index (χ1v) is 6.69. The topological polar surface area (TPSA) is 21.3 Å². The molecule has 1 N–H and O–H groups in total. The summed E-state index contributed by atoms with van der Waals surface area (Å²) < 4.78 is 5.46. The van der Waals surface area contributed by atoms with Crippen molar-refractivity contribution in [3.05, 3.63) is 0 Å². The van der Waals surface area contributed by atoms with Crippen molar-refractivity contribution in [2.75, 3.05) is 19.8 Å². The Balaban J connectivity index is 1.69. The van der Waals surface area contributed by atoms with E-state index in [1.807, 2.05) is 0 Å². The van der Waals surface area contributed by atoms with Gasteiger partial charge in [-0.15, -0.1) is 0 Å². The summed E-state index contributed by atoms with van der Waals surface area (Å²) in [5.41, 5.74) is 0. The van der Waals surface area contributed by atoms with Gasteiger partial charge in [0.2, 0.25) is 0 Å². The zero-order chi connectivity index (χ0) is 10.5. The molecule has 2 fully saturated rings. The average Bonchev–Trinajstić information content (AvgIpc) is 2.90. The molecule has 0 aromatic carbocycles. The van der Waals surface area contributed by atoms with Crippen molar-refractivity contribution in [2.45, 2.75) is 51.5 Å². The van der Waals surface area contributed by atoms with E-state index in [1.165, 1.54) is 45.1 Å². The fourth-order valence-corrected chi connectivity index (χ4v) is 2.54. The van der Waals surface area contributed by atoms with Gasteiger partial charge in [0.25, 0.3) is 0 Å². The summed E-state index contributed by atoms with van der Waals surface area (Å²) in [6.07, 6.45) is 8.25. The first-order chi connectivity index (χ1) is 7.38. The Morgan fingerprint density at radius 3 is 2.60 bits per heavy atom. The van der Waals surface area contributed by atoms with E-state index >= 15 is 0 Å². The first-order valence-electron chi connectivity index (χ1n) is 6.69. The Hall–Kier alpha value is -0.0800. The average molecular weight is 211 g/mol. The third-order valence-corrected chi connectivity index (χ3v) is 3.64. The highest BCUT2D eigenvalue weighted by molar-refractivity contribution is 4.82. The van der Waals surface area contributed by atoms with Crippen LogP contribution >= 0.6 is 0 Å². The third kappa shape index (κ3) is 4.12. The van der Waals surface area contributed by atoms with Gasteiger partial charge in [-0.1, -0.05) is 19.8 Å². The highest BCUT2D eigenvalue weighted by Gasteiger charge is 2.27. The fraction of sp³-hybridized carbons (Fsp3) is 1.00. The molecule has 15 heavy (non-hydrogen) atoms. The van der Waals surface area contributed by atoms with Crippen LogP contribution < -0.4 is 5.32 Å².